The van der Waals surface area contributed by atoms with E-state index in [1.165, 1.54) is 9.13 Å². The fourth-order valence-corrected chi connectivity index (χ4v) is 2.46. The summed E-state index contributed by atoms with van der Waals surface area (Å²) in [5.74, 6) is 0.192. The first-order valence-electron chi connectivity index (χ1n) is 5.60. The van der Waals surface area contributed by atoms with Gasteiger partial charge in [0, 0.05) is 15.6 Å². The summed E-state index contributed by atoms with van der Waals surface area (Å²) >= 11 is 2.32. The average Bonchev–Trinajstić information content (AvgIpc) is 2.38. The smallest absolute Gasteiger partial charge is 0.162 e. The Labute approximate surface area is 115 Å². The van der Waals surface area contributed by atoms with Crippen LogP contribution >= 0.6 is 22.6 Å². The molecule has 0 aromatic heterocycles. The van der Waals surface area contributed by atoms with Gasteiger partial charge in [-0.25, -0.2) is 0 Å². The molecule has 2 heteroatoms. The summed E-state index contributed by atoms with van der Waals surface area (Å²) in [5, 5.41) is 0. The van der Waals surface area contributed by atoms with Gasteiger partial charge in [0.05, 0.1) is 0 Å². The molecule has 0 heterocycles. The zero-order valence-corrected chi connectivity index (χ0v) is 11.8. The molecule has 0 fully saturated rings. The third kappa shape index (κ3) is 2.75. The lowest BCUT2D eigenvalue weighted by molar-refractivity contribution is 0.0988. The predicted molar refractivity (Wildman–Crippen MR) is 79.2 cm³/mol. The minimum atomic E-state index is 0.192. The lowest BCUT2D eigenvalue weighted by Gasteiger charge is -2.06. The molecule has 0 amide bonds. The van der Waals surface area contributed by atoms with Gasteiger partial charge in [0.15, 0.2) is 5.78 Å². The van der Waals surface area contributed by atoms with E-state index in [-0.39, 0.29) is 5.78 Å². The fourth-order valence-electron chi connectivity index (χ4n) is 1.76. The second-order valence-corrected chi connectivity index (χ2v) is 5.00. The van der Waals surface area contributed by atoms with Gasteiger partial charge in [-0.3, -0.25) is 4.79 Å². The molecule has 0 aliphatic carbocycles. The van der Waals surface area contributed by atoms with Crippen molar-refractivity contribution in [2.75, 3.05) is 0 Å². The Morgan fingerprint density at radius 3 is 2.59 bits per heavy atom. The summed E-state index contributed by atoms with van der Waals surface area (Å²) in [7, 11) is 0. The third-order valence-corrected chi connectivity index (χ3v) is 3.63. The molecule has 0 bridgehead atoms. The highest BCUT2D eigenvalue weighted by Gasteiger charge is 2.06. The van der Waals surface area contributed by atoms with E-state index in [0.717, 1.165) is 11.1 Å². The van der Waals surface area contributed by atoms with Crippen LogP contribution in [0.25, 0.3) is 11.1 Å². The molecular formula is C15H13IO. The normalized spacial score (nSPS) is 10.2. The Morgan fingerprint density at radius 2 is 1.88 bits per heavy atom. The standard InChI is InChI=1S/C15H13IO/c1-2-15(17)12-7-5-6-11(10-12)13-8-3-4-9-14(13)16/h3-10H,2H2,1H3. The van der Waals surface area contributed by atoms with Gasteiger partial charge in [0.25, 0.3) is 0 Å². The molecule has 86 valence electrons. The first-order valence-corrected chi connectivity index (χ1v) is 6.68. The second kappa shape index (κ2) is 5.45. The minimum Gasteiger partial charge on any atom is -0.294 e. The quantitative estimate of drug-likeness (QED) is 0.594. The van der Waals surface area contributed by atoms with Gasteiger partial charge in [0.2, 0.25) is 0 Å². The number of halogens is 1. The maximum Gasteiger partial charge on any atom is 0.162 e. The maximum absolute atomic E-state index is 11.7. The molecule has 0 atom stereocenters. The van der Waals surface area contributed by atoms with Crippen LogP contribution in [0.2, 0.25) is 0 Å². The van der Waals surface area contributed by atoms with Crippen LogP contribution in [0.5, 0.6) is 0 Å². The zero-order chi connectivity index (χ0) is 12.3. The van der Waals surface area contributed by atoms with E-state index in [1.807, 2.05) is 43.3 Å². The summed E-state index contributed by atoms with van der Waals surface area (Å²) in [6, 6.07) is 16.0. The summed E-state index contributed by atoms with van der Waals surface area (Å²) in [4.78, 5) is 11.7. The molecule has 2 aromatic rings. The average molecular weight is 336 g/mol. The lowest BCUT2D eigenvalue weighted by atomic mass is 10.0. The van der Waals surface area contributed by atoms with E-state index >= 15 is 0 Å². The van der Waals surface area contributed by atoms with Gasteiger partial charge < -0.3 is 0 Å². The Hall–Kier alpha value is -1.16. The van der Waals surface area contributed by atoms with Gasteiger partial charge >= 0.3 is 0 Å². The molecule has 0 aliphatic rings. The van der Waals surface area contributed by atoms with Crippen molar-refractivity contribution >= 4 is 28.4 Å². The van der Waals surface area contributed by atoms with Crippen LogP contribution in [0, 0.1) is 3.57 Å². The van der Waals surface area contributed by atoms with Gasteiger partial charge in [0.1, 0.15) is 0 Å². The molecule has 0 aliphatic heterocycles. The Bertz CT molecular complexity index is 546. The van der Waals surface area contributed by atoms with Gasteiger partial charge in [-0.2, -0.15) is 0 Å². The molecule has 0 spiro atoms. The van der Waals surface area contributed by atoms with Crippen molar-refractivity contribution in [3.05, 3.63) is 57.7 Å². The topological polar surface area (TPSA) is 17.1 Å². The van der Waals surface area contributed by atoms with E-state index < -0.39 is 0 Å². The van der Waals surface area contributed by atoms with E-state index in [2.05, 4.69) is 34.7 Å². The van der Waals surface area contributed by atoms with Crippen molar-refractivity contribution in [3.8, 4) is 11.1 Å². The molecule has 0 saturated carbocycles. The number of hydrogen-bond acceptors (Lipinski definition) is 1. The zero-order valence-electron chi connectivity index (χ0n) is 9.61. The van der Waals surface area contributed by atoms with Crippen LogP contribution in [0.15, 0.2) is 48.5 Å². The summed E-state index contributed by atoms with van der Waals surface area (Å²) in [6.07, 6.45) is 0.551. The maximum atomic E-state index is 11.7. The second-order valence-electron chi connectivity index (χ2n) is 3.84. The first kappa shape index (κ1) is 12.3. The van der Waals surface area contributed by atoms with Crippen molar-refractivity contribution in [3.63, 3.8) is 0 Å². The van der Waals surface area contributed by atoms with Gasteiger partial charge in [-0.15, -0.1) is 0 Å². The molecular weight excluding hydrogens is 323 g/mol. The molecule has 0 unspecified atom stereocenters. The van der Waals surface area contributed by atoms with Crippen molar-refractivity contribution < 1.29 is 4.79 Å². The van der Waals surface area contributed by atoms with E-state index in [1.54, 1.807) is 0 Å². The van der Waals surface area contributed by atoms with Crippen LogP contribution in [-0.2, 0) is 0 Å². The fraction of sp³-hybridized carbons (Fsp3) is 0.133. The predicted octanol–water partition coefficient (Wildman–Crippen LogP) is 4.55. The van der Waals surface area contributed by atoms with Crippen LogP contribution in [0.3, 0.4) is 0 Å². The number of ketones is 1. The highest BCUT2D eigenvalue weighted by molar-refractivity contribution is 14.1. The minimum absolute atomic E-state index is 0.192. The Kier molecular flexibility index (Phi) is 3.94. The van der Waals surface area contributed by atoms with Crippen molar-refractivity contribution in [1.29, 1.82) is 0 Å². The largest absolute Gasteiger partial charge is 0.294 e. The molecule has 0 radical (unpaired) electrons. The van der Waals surface area contributed by atoms with Crippen LogP contribution in [-0.4, -0.2) is 5.78 Å². The van der Waals surface area contributed by atoms with Crippen molar-refractivity contribution in [2.24, 2.45) is 0 Å². The lowest BCUT2D eigenvalue weighted by Crippen LogP contribution is -1.96. The summed E-state index contributed by atoms with van der Waals surface area (Å²) in [5.41, 5.74) is 3.08. The highest BCUT2D eigenvalue weighted by Crippen LogP contribution is 2.25. The van der Waals surface area contributed by atoms with E-state index in [4.69, 9.17) is 0 Å². The summed E-state index contributed by atoms with van der Waals surface area (Å²) in [6.45, 7) is 1.89. The van der Waals surface area contributed by atoms with E-state index in [9.17, 15) is 4.79 Å². The highest BCUT2D eigenvalue weighted by atomic mass is 127. The number of carbonyl (C=O) groups is 1. The third-order valence-electron chi connectivity index (χ3n) is 2.69. The van der Waals surface area contributed by atoms with Crippen molar-refractivity contribution in [2.45, 2.75) is 13.3 Å². The van der Waals surface area contributed by atoms with Gasteiger partial charge in [-0.1, -0.05) is 43.3 Å². The van der Waals surface area contributed by atoms with Crippen LogP contribution < -0.4 is 0 Å². The molecule has 17 heavy (non-hydrogen) atoms. The monoisotopic (exact) mass is 336 g/mol. The van der Waals surface area contributed by atoms with Gasteiger partial charge in [-0.05, 0) is 45.9 Å². The number of Topliss-reactive ketones (excluding diaryl/α,β-unsaturated/α-hetero) is 1. The Balaban J connectivity index is 2.47. The number of rotatable bonds is 3. The van der Waals surface area contributed by atoms with Crippen molar-refractivity contribution in [1.82, 2.24) is 0 Å². The SMILES string of the molecule is CCC(=O)c1cccc(-c2ccccc2I)c1. The molecule has 0 saturated heterocycles. The molecule has 1 nitrogen and oxygen atoms in total. The Morgan fingerprint density at radius 1 is 1.12 bits per heavy atom. The summed E-state index contributed by atoms with van der Waals surface area (Å²) < 4.78 is 1.20. The van der Waals surface area contributed by atoms with Crippen LogP contribution in [0.1, 0.15) is 23.7 Å². The molecule has 2 aromatic carbocycles. The molecule has 2 rings (SSSR count). The number of carbonyl (C=O) groups excluding carboxylic acids is 1. The van der Waals surface area contributed by atoms with Crippen LogP contribution in [0.4, 0.5) is 0 Å². The first-order chi connectivity index (χ1) is 8.22. The molecule has 0 N–H and O–H groups in total. The number of benzene rings is 2. The van der Waals surface area contributed by atoms with E-state index in [0.29, 0.717) is 6.42 Å². The number of hydrogen-bond donors (Lipinski definition) is 0.